The number of carbonyl (C=O) groups is 3. The summed E-state index contributed by atoms with van der Waals surface area (Å²) in [6, 6.07) is 12.1. The Morgan fingerprint density at radius 3 is 2.61 bits per heavy atom. The van der Waals surface area contributed by atoms with Crippen LogP contribution < -0.4 is 20.8 Å². The maximum Gasteiger partial charge on any atom is 0.329 e. The van der Waals surface area contributed by atoms with E-state index >= 15 is 0 Å². The first-order valence-corrected chi connectivity index (χ1v) is 10.0. The lowest BCUT2D eigenvalue weighted by Gasteiger charge is -2.11. The van der Waals surface area contributed by atoms with Crippen molar-refractivity contribution in [2.45, 2.75) is 20.8 Å². The SMILES string of the molecule is Cc1ccc(Cl)cc1NC(=O)COc1ccccc1/C=N\NC(=O)C(=O)NCC(C)C. The zero-order valence-electron chi connectivity index (χ0n) is 17.6. The summed E-state index contributed by atoms with van der Waals surface area (Å²) in [5.74, 6) is -1.37. The van der Waals surface area contributed by atoms with E-state index in [1.165, 1.54) is 6.21 Å². The van der Waals surface area contributed by atoms with E-state index in [0.29, 0.717) is 28.6 Å². The molecule has 0 aromatic heterocycles. The van der Waals surface area contributed by atoms with E-state index in [0.717, 1.165) is 5.56 Å². The lowest BCUT2D eigenvalue weighted by Crippen LogP contribution is -2.39. The molecule has 0 bridgehead atoms. The summed E-state index contributed by atoms with van der Waals surface area (Å²) in [5, 5.41) is 9.55. The molecule has 0 saturated carbocycles. The van der Waals surface area contributed by atoms with Crippen molar-refractivity contribution < 1.29 is 19.1 Å². The van der Waals surface area contributed by atoms with Crippen molar-refractivity contribution >= 4 is 41.2 Å². The highest BCUT2D eigenvalue weighted by atomic mass is 35.5. The van der Waals surface area contributed by atoms with Crippen molar-refractivity contribution in [2.75, 3.05) is 18.5 Å². The Kier molecular flexibility index (Phi) is 9.02. The van der Waals surface area contributed by atoms with Gasteiger partial charge in [0.1, 0.15) is 5.75 Å². The number of nitrogens with one attached hydrogen (secondary N) is 3. The van der Waals surface area contributed by atoms with E-state index in [1.807, 2.05) is 26.8 Å². The maximum atomic E-state index is 12.2. The number of carbonyl (C=O) groups excluding carboxylic acids is 3. The summed E-state index contributed by atoms with van der Waals surface area (Å²) in [7, 11) is 0. The van der Waals surface area contributed by atoms with Crippen LogP contribution in [0.3, 0.4) is 0 Å². The standard InChI is InChI=1S/C22H25ClN4O4/c1-14(2)11-24-21(29)22(30)27-25-12-16-6-4-5-7-19(16)31-13-20(28)26-18-10-17(23)9-8-15(18)3/h4-10,12,14H,11,13H2,1-3H3,(H,24,29)(H,26,28)(H,27,30)/b25-12-. The van der Waals surface area contributed by atoms with Gasteiger partial charge in [-0.1, -0.05) is 43.6 Å². The molecule has 8 nitrogen and oxygen atoms in total. The van der Waals surface area contributed by atoms with Crippen molar-refractivity contribution in [1.29, 1.82) is 0 Å². The van der Waals surface area contributed by atoms with Crippen LogP contribution in [0.5, 0.6) is 5.75 Å². The molecule has 0 radical (unpaired) electrons. The fourth-order valence-electron chi connectivity index (χ4n) is 2.37. The van der Waals surface area contributed by atoms with Crippen LogP contribution in [0, 0.1) is 12.8 Å². The fraction of sp³-hybridized carbons (Fsp3) is 0.273. The molecular formula is C22H25ClN4O4. The number of halogens is 1. The second kappa shape index (κ2) is 11.7. The van der Waals surface area contributed by atoms with Crippen molar-refractivity contribution in [3.8, 4) is 5.75 Å². The molecule has 0 unspecified atom stereocenters. The van der Waals surface area contributed by atoms with Gasteiger partial charge in [0.15, 0.2) is 6.61 Å². The topological polar surface area (TPSA) is 109 Å². The molecule has 164 valence electrons. The number of hydrogen-bond acceptors (Lipinski definition) is 5. The normalized spacial score (nSPS) is 10.7. The summed E-state index contributed by atoms with van der Waals surface area (Å²) >= 11 is 5.96. The van der Waals surface area contributed by atoms with Crippen molar-refractivity contribution in [3.63, 3.8) is 0 Å². The number of benzene rings is 2. The van der Waals surface area contributed by atoms with Gasteiger partial charge in [0.05, 0.1) is 6.21 Å². The molecule has 0 heterocycles. The van der Waals surface area contributed by atoms with Crippen LogP contribution in [0.2, 0.25) is 5.02 Å². The largest absolute Gasteiger partial charge is 0.483 e. The monoisotopic (exact) mass is 444 g/mol. The van der Waals surface area contributed by atoms with Crippen molar-refractivity contribution in [1.82, 2.24) is 10.7 Å². The molecule has 0 atom stereocenters. The summed E-state index contributed by atoms with van der Waals surface area (Å²) < 4.78 is 5.58. The minimum absolute atomic E-state index is 0.226. The number of rotatable bonds is 8. The molecule has 2 aromatic rings. The molecule has 2 aromatic carbocycles. The Labute approximate surface area is 186 Å². The summed E-state index contributed by atoms with van der Waals surface area (Å²) in [4.78, 5) is 35.6. The summed E-state index contributed by atoms with van der Waals surface area (Å²) in [6.07, 6.45) is 1.34. The molecule has 3 N–H and O–H groups in total. The zero-order valence-corrected chi connectivity index (χ0v) is 18.3. The predicted molar refractivity (Wildman–Crippen MR) is 120 cm³/mol. The number of para-hydroxylation sites is 1. The van der Waals surface area contributed by atoms with E-state index in [2.05, 4.69) is 21.2 Å². The maximum absolute atomic E-state index is 12.2. The minimum atomic E-state index is -0.869. The third-order valence-electron chi connectivity index (χ3n) is 4.00. The molecule has 31 heavy (non-hydrogen) atoms. The van der Waals surface area contributed by atoms with Gasteiger partial charge in [-0.25, -0.2) is 5.43 Å². The number of hydrazone groups is 1. The van der Waals surface area contributed by atoms with Crippen LogP contribution in [-0.4, -0.2) is 37.1 Å². The summed E-state index contributed by atoms with van der Waals surface area (Å²) in [5.41, 5.74) is 4.17. The number of amides is 3. The van der Waals surface area contributed by atoms with Crippen LogP contribution in [0.25, 0.3) is 0 Å². The summed E-state index contributed by atoms with van der Waals surface area (Å²) in [6.45, 7) is 5.85. The molecule has 0 aliphatic heterocycles. The lowest BCUT2D eigenvalue weighted by atomic mass is 10.2. The van der Waals surface area contributed by atoms with E-state index < -0.39 is 11.8 Å². The van der Waals surface area contributed by atoms with Gasteiger partial charge in [0.25, 0.3) is 5.91 Å². The van der Waals surface area contributed by atoms with Crippen molar-refractivity contribution in [2.24, 2.45) is 11.0 Å². The smallest absolute Gasteiger partial charge is 0.329 e. The Bertz CT molecular complexity index is 976. The van der Waals surface area contributed by atoms with Crippen LogP contribution in [-0.2, 0) is 14.4 Å². The third-order valence-corrected chi connectivity index (χ3v) is 4.23. The number of nitrogens with zero attached hydrogens (tertiary/aromatic N) is 1. The molecule has 9 heteroatoms. The van der Waals surface area contributed by atoms with Crippen molar-refractivity contribution in [3.05, 3.63) is 58.6 Å². The van der Waals surface area contributed by atoms with Gasteiger partial charge in [-0.2, -0.15) is 5.10 Å². The number of anilines is 1. The third kappa shape index (κ3) is 8.10. The first kappa shape index (κ1) is 23.9. The first-order valence-electron chi connectivity index (χ1n) is 9.65. The van der Waals surface area contributed by atoms with E-state index in [-0.39, 0.29) is 18.4 Å². The van der Waals surface area contributed by atoms with E-state index in [9.17, 15) is 14.4 Å². The number of aryl methyl sites for hydroxylation is 1. The highest BCUT2D eigenvalue weighted by molar-refractivity contribution is 6.35. The van der Waals surface area contributed by atoms with Gasteiger partial charge in [0.2, 0.25) is 0 Å². The van der Waals surface area contributed by atoms with Gasteiger partial charge in [0, 0.05) is 22.8 Å². The quantitative estimate of drug-likeness (QED) is 0.330. The average Bonchev–Trinajstić information content (AvgIpc) is 2.73. The molecule has 3 amide bonds. The van der Waals surface area contributed by atoms with Crippen LogP contribution in [0.1, 0.15) is 25.0 Å². The Hall–Kier alpha value is -3.39. The van der Waals surface area contributed by atoms with E-state index in [4.69, 9.17) is 16.3 Å². The van der Waals surface area contributed by atoms with Gasteiger partial charge < -0.3 is 15.4 Å². The molecular weight excluding hydrogens is 420 g/mol. The Balaban J connectivity index is 1.92. The predicted octanol–water partition coefficient (Wildman–Crippen LogP) is 2.89. The Morgan fingerprint density at radius 1 is 1.13 bits per heavy atom. The zero-order chi connectivity index (χ0) is 22.8. The highest BCUT2D eigenvalue weighted by Gasteiger charge is 2.12. The van der Waals surface area contributed by atoms with Crippen LogP contribution >= 0.6 is 11.6 Å². The second-order valence-electron chi connectivity index (χ2n) is 7.14. The van der Waals surface area contributed by atoms with Gasteiger partial charge in [-0.05, 0) is 42.7 Å². The lowest BCUT2D eigenvalue weighted by molar-refractivity contribution is -0.139. The molecule has 0 saturated heterocycles. The van der Waals surface area contributed by atoms with Gasteiger partial charge in [-0.3, -0.25) is 14.4 Å². The minimum Gasteiger partial charge on any atom is -0.483 e. The fourth-order valence-corrected chi connectivity index (χ4v) is 2.54. The molecule has 0 aliphatic carbocycles. The second-order valence-corrected chi connectivity index (χ2v) is 7.57. The van der Waals surface area contributed by atoms with Gasteiger partial charge >= 0.3 is 11.8 Å². The Morgan fingerprint density at radius 2 is 1.87 bits per heavy atom. The molecule has 0 spiro atoms. The first-order chi connectivity index (χ1) is 14.8. The van der Waals surface area contributed by atoms with Crippen LogP contribution in [0.15, 0.2) is 47.6 Å². The molecule has 0 aliphatic rings. The molecule has 0 fully saturated rings. The van der Waals surface area contributed by atoms with Gasteiger partial charge in [-0.15, -0.1) is 0 Å². The van der Waals surface area contributed by atoms with Crippen LogP contribution in [0.4, 0.5) is 5.69 Å². The average molecular weight is 445 g/mol. The molecule has 2 rings (SSSR count). The highest BCUT2D eigenvalue weighted by Crippen LogP contribution is 2.20. The van der Waals surface area contributed by atoms with E-state index in [1.54, 1.807) is 36.4 Å². The number of ether oxygens (including phenoxy) is 1. The number of hydrogen-bond donors (Lipinski definition) is 3.